The number of halogens is 2. The molecule has 0 amide bonds. The van der Waals surface area contributed by atoms with Crippen molar-refractivity contribution < 1.29 is 14.2 Å². The Morgan fingerprint density at radius 3 is 2.90 bits per heavy atom. The number of rotatable bonds is 7. The lowest BCUT2D eigenvalue weighted by atomic mass is 10.1. The molecule has 5 rings (SSSR count). The zero-order chi connectivity index (χ0) is 27.4. The van der Waals surface area contributed by atoms with Crippen molar-refractivity contribution in [2.75, 3.05) is 25.5 Å². The highest BCUT2D eigenvalue weighted by molar-refractivity contribution is 6.32. The number of benzene rings is 3. The smallest absolute Gasteiger partial charge is 0.214 e. The number of nitrogens with one attached hydrogen (secondary N) is 2. The molecule has 3 N–H and O–H groups in total. The van der Waals surface area contributed by atoms with Gasteiger partial charge >= 0.3 is 0 Å². The van der Waals surface area contributed by atoms with Crippen LogP contribution in [0, 0.1) is 11.2 Å². The minimum atomic E-state index is -0.409. The number of likely N-dealkylation sites (tertiary alicyclic amines) is 1. The predicted molar refractivity (Wildman–Crippen MR) is 150 cm³/mol. The lowest BCUT2D eigenvalue weighted by molar-refractivity contribution is 0.186. The van der Waals surface area contributed by atoms with Crippen molar-refractivity contribution in [1.82, 2.24) is 19.9 Å². The topological polar surface area (TPSA) is 110 Å². The molecule has 0 radical (unpaired) electrons. The molecule has 1 unspecified atom stereocenters. The van der Waals surface area contributed by atoms with Gasteiger partial charge in [-0.15, -0.1) is 0 Å². The van der Waals surface area contributed by atoms with Crippen LogP contribution in [0.1, 0.15) is 17.5 Å². The van der Waals surface area contributed by atoms with Crippen LogP contribution in [0.3, 0.4) is 0 Å². The Morgan fingerprint density at radius 2 is 2.13 bits per heavy atom. The van der Waals surface area contributed by atoms with Crippen molar-refractivity contribution in [2.45, 2.75) is 19.1 Å². The molecule has 0 bridgehead atoms. The van der Waals surface area contributed by atoms with E-state index in [9.17, 15) is 9.50 Å². The molecule has 1 saturated heterocycles. The van der Waals surface area contributed by atoms with Crippen molar-refractivity contribution in [2.24, 2.45) is 5.10 Å². The average molecular weight is 548 g/mol. The molecule has 1 aliphatic heterocycles. The minimum absolute atomic E-state index is 0.194. The molecule has 1 fully saturated rings. The van der Waals surface area contributed by atoms with Gasteiger partial charge in [-0.3, -0.25) is 5.41 Å². The van der Waals surface area contributed by atoms with Crippen LogP contribution in [0.25, 0.3) is 10.9 Å². The Bertz CT molecular complexity index is 1530. The largest absolute Gasteiger partial charge is 0.487 e. The number of ether oxygens (including phenoxy) is 1. The van der Waals surface area contributed by atoms with E-state index < -0.39 is 6.10 Å². The monoisotopic (exact) mass is 547 g/mol. The van der Waals surface area contributed by atoms with Gasteiger partial charge in [0, 0.05) is 31.2 Å². The van der Waals surface area contributed by atoms with E-state index >= 15 is 0 Å². The van der Waals surface area contributed by atoms with E-state index in [2.05, 4.69) is 20.4 Å². The normalized spacial score (nSPS) is 15.2. The van der Waals surface area contributed by atoms with E-state index in [-0.39, 0.29) is 18.4 Å². The number of aliphatic hydroxyl groups excluding tert-OH is 1. The highest BCUT2D eigenvalue weighted by Crippen LogP contribution is 2.31. The van der Waals surface area contributed by atoms with E-state index in [4.69, 9.17) is 21.7 Å². The molecule has 39 heavy (non-hydrogen) atoms. The molecule has 0 aliphatic carbocycles. The van der Waals surface area contributed by atoms with Crippen LogP contribution >= 0.6 is 11.6 Å². The summed E-state index contributed by atoms with van der Waals surface area (Å²) in [5.74, 6) is 0.986. The van der Waals surface area contributed by atoms with Crippen molar-refractivity contribution >= 4 is 46.2 Å². The molecular weight excluding hydrogens is 521 g/mol. The van der Waals surface area contributed by atoms with Gasteiger partial charge in [-0.1, -0.05) is 29.8 Å². The van der Waals surface area contributed by atoms with Gasteiger partial charge in [0.2, 0.25) is 5.96 Å². The molecule has 0 saturated carbocycles. The highest BCUT2D eigenvalue weighted by atomic mass is 35.5. The fraction of sp³-hybridized carbons (Fsp3) is 0.214. The standard InChI is InChI=1S/C28H27ClFN7O2/c1-36(28(31)37-10-9-22(38)15-37)34-14-18-5-7-25-23(12-18)27(33-17-32-25)35-21-6-8-26(24(29)13-21)39-16-19-3-2-4-20(30)11-19/h2-8,11-14,17,22,31,38H,9-10,15-16H2,1H3,(H,32,33,35)/b31-28?,34-14+. The second kappa shape index (κ2) is 11.6. The lowest BCUT2D eigenvalue weighted by Gasteiger charge is -2.23. The number of nitrogens with zero attached hydrogens (tertiary/aromatic N) is 5. The maximum atomic E-state index is 13.4. The number of fused-ring (bicyclic) bond motifs is 1. The minimum Gasteiger partial charge on any atom is -0.487 e. The second-order valence-corrected chi connectivity index (χ2v) is 9.58. The summed E-state index contributed by atoms with van der Waals surface area (Å²) in [5, 5.41) is 28.4. The first kappa shape index (κ1) is 26.3. The maximum absolute atomic E-state index is 13.4. The zero-order valence-electron chi connectivity index (χ0n) is 21.2. The Morgan fingerprint density at radius 1 is 1.26 bits per heavy atom. The molecule has 1 aliphatic rings. The fourth-order valence-corrected chi connectivity index (χ4v) is 4.46. The van der Waals surface area contributed by atoms with E-state index in [1.165, 1.54) is 23.5 Å². The summed E-state index contributed by atoms with van der Waals surface area (Å²) >= 11 is 6.46. The maximum Gasteiger partial charge on any atom is 0.214 e. The SMILES string of the molecule is CN(/N=C/c1ccc2ncnc(Nc3ccc(OCc4cccc(F)c4)c(Cl)c3)c2c1)C(=N)N1CCC(O)C1. The third-order valence-corrected chi connectivity index (χ3v) is 6.58. The van der Waals surface area contributed by atoms with Gasteiger partial charge in [-0.2, -0.15) is 5.10 Å². The number of hydrazone groups is 1. The molecule has 200 valence electrons. The van der Waals surface area contributed by atoms with E-state index in [0.717, 1.165) is 16.5 Å². The number of aromatic nitrogens is 2. The first-order chi connectivity index (χ1) is 18.9. The van der Waals surface area contributed by atoms with Crippen molar-refractivity contribution in [1.29, 1.82) is 5.41 Å². The van der Waals surface area contributed by atoms with Crippen LogP contribution in [0.5, 0.6) is 5.75 Å². The fourth-order valence-electron chi connectivity index (χ4n) is 4.22. The van der Waals surface area contributed by atoms with Crippen LogP contribution in [0.4, 0.5) is 15.9 Å². The molecule has 3 aromatic carbocycles. The van der Waals surface area contributed by atoms with Crippen molar-refractivity contribution in [3.05, 3.63) is 89.0 Å². The molecule has 1 atom stereocenters. The van der Waals surface area contributed by atoms with Crippen molar-refractivity contribution in [3.8, 4) is 5.75 Å². The molecule has 2 heterocycles. The Kier molecular flexibility index (Phi) is 7.85. The Balaban J connectivity index is 1.29. The van der Waals surface area contributed by atoms with Gasteiger partial charge in [-0.25, -0.2) is 19.4 Å². The number of aliphatic hydroxyl groups is 1. The van der Waals surface area contributed by atoms with Crippen LogP contribution < -0.4 is 10.1 Å². The first-order valence-corrected chi connectivity index (χ1v) is 12.7. The number of hydrogen-bond acceptors (Lipinski definition) is 7. The molecular formula is C28H27ClFN7O2. The Labute approximate surface area is 230 Å². The van der Waals surface area contributed by atoms with E-state index in [1.54, 1.807) is 42.4 Å². The molecule has 1 aromatic heterocycles. The van der Waals surface area contributed by atoms with Gasteiger partial charge in [0.15, 0.2) is 0 Å². The number of β-amino-alcohol motifs (C(OH)–C–C–N with tert-alkyl or cyclic N) is 1. The van der Waals surface area contributed by atoms with E-state index in [1.807, 2.05) is 24.3 Å². The van der Waals surface area contributed by atoms with Gasteiger partial charge in [0.05, 0.1) is 22.9 Å². The summed E-state index contributed by atoms with van der Waals surface area (Å²) in [5.41, 5.74) is 2.97. The summed E-state index contributed by atoms with van der Waals surface area (Å²) in [6.07, 6.45) is 3.39. The first-order valence-electron chi connectivity index (χ1n) is 12.3. The van der Waals surface area contributed by atoms with Gasteiger partial charge < -0.3 is 20.1 Å². The summed E-state index contributed by atoms with van der Waals surface area (Å²) in [4.78, 5) is 10.6. The van der Waals surface area contributed by atoms with Crippen LogP contribution in [0.15, 0.2) is 72.1 Å². The molecule has 4 aromatic rings. The van der Waals surface area contributed by atoms with Crippen LogP contribution in [-0.4, -0.2) is 63.4 Å². The highest BCUT2D eigenvalue weighted by Gasteiger charge is 2.24. The second-order valence-electron chi connectivity index (χ2n) is 9.17. The Hall–Kier alpha value is -4.28. The number of hydrogen-bond donors (Lipinski definition) is 3. The summed E-state index contributed by atoms with van der Waals surface area (Å²) < 4.78 is 19.2. The number of guanidine groups is 1. The van der Waals surface area contributed by atoms with Gasteiger partial charge in [0.25, 0.3) is 0 Å². The third kappa shape index (κ3) is 6.42. The zero-order valence-corrected chi connectivity index (χ0v) is 21.9. The number of anilines is 2. The third-order valence-electron chi connectivity index (χ3n) is 6.29. The van der Waals surface area contributed by atoms with Crippen LogP contribution in [0.2, 0.25) is 5.02 Å². The van der Waals surface area contributed by atoms with E-state index in [0.29, 0.717) is 47.4 Å². The molecule has 11 heteroatoms. The summed E-state index contributed by atoms with van der Waals surface area (Å²) in [6.45, 7) is 1.26. The van der Waals surface area contributed by atoms with Gasteiger partial charge in [-0.05, 0) is 60.0 Å². The predicted octanol–water partition coefficient (Wildman–Crippen LogP) is 5.01. The molecule has 9 nitrogen and oxygen atoms in total. The quantitative estimate of drug-likeness (QED) is 0.169. The molecule has 0 spiro atoms. The summed E-state index contributed by atoms with van der Waals surface area (Å²) in [6, 6.07) is 17.2. The summed E-state index contributed by atoms with van der Waals surface area (Å²) in [7, 11) is 1.70. The van der Waals surface area contributed by atoms with Gasteiger partial charge in [0.1, 0.15) is 30.3 Å². The lowest BCUT2D eigenvalue weighted by Crippen LogP contribution is -2.38. The average Bonchev–Trinajstić information content (AvgIpc) is 3.37. The van der Waals surface area contributed by atoms with Crippen LogP contribution in [-0.2, 0) is 6.61 Å². The van der Waals surface area contributed by atoms with Crippen molar-refractivity contribution in [3.63, 3.8) is 0 Å².